The fraction of sp³-hybridized carbons (Fsp3) is 0.333. The summed E-state index contributed by atoms with van der Waals surface area (Å²) in [6.45, 7) is 2.15. The van der Waals surface area contributed by atoms with Gasteiger partial charge in [-0.05, 0) is 38.0 Å². The standard InChI is InChI=1S/C9H10S/c1-7-2-5-9(10-7)6-8-3-4-8/h2,5-6H,3-4H2,1H3. The van der Waals surface area contributed by atoms with E-state index in [1.165, 1.54) is 22.6 Å². The monoisotopic (exact) mass is 150 g/mol. The van der Waals surface area contributed by atoms with Crippen molar-refractivity contribution in [2.45, 2.75) is 19.8 Å². The molecule has 1 aromatic rings. The highest BCUT2D eigenvalue weighted by Crippen LogP contribution is 2.31. The molecule has 0 saturated heterocycles. The summed E-state index contributed by atoms with van der Waals surface area (Å²) < 4.78 is 0. The Morgan fingerprint density at radius 1 is 1.40 bits per heavy atom. The van der Waals surface area contributed by atoms with Crippen LogP contribution in [0.2, 0.25) is 0 Å². The van der Waals surface area contributed by atoms with Crippen LogP contribution in [0.15, 0.2) is 17.7 Å². The summed E-state index contributed by atoms with van der Waals surface area (Å²) in [6, 6.07) is 4.38. The van der Waals surface area contributed by atoms with Crippen LogP contribution in [0.3, 0.4) is 0 Å². The lowest BCUT2D eigenvalue weighted by atomic mass is 10.4. The highest BCUT2D eigenvalue weighted by Gasteiger charge is 2.10. The fourth-order valence-electron chi connectivity index (χ4n) is 0.949. The van der Waals surface area contributed by atoms with Gasteiger partial charge in [0.15, 0.2) is 0 Å². The molecule has 1 aromatic heterocycles. The summed E-state index contributed by atoms with van der Waals surface area (Å²) in [7, 11) is 0. The second-order valence-electron chi connectivity index (χ2n) is 2.75. The molecule has 0 N–H and O–H groups in total. The number of allylic oxidation sites excluding steroid dienone is 1. The quantitative estimate of drug-likeness (QED) is 0.576. The van der Waals surface area contributed by atoms with E-state index in [0.29, 0.717) is 0 Å². The van der Waals surface area contributed by atoms with E-state index in [9.17, 15) is 0 Å². The number of hydrogen-bond donors (Lipinski definition) is 0. The van der Waals surface area contributed by atoms with Crippen molar-refractivity contribution >= 4 is 17.4 Å². The van der Waals surface area contributed by atoms with E-state index in [0.717, 1.165) is 0 Å². The Morgan fingerprint density at radius 3 is 2.70 bits per heavy atom. The van der Waals surface area contributed by atoms with Crippen LogP contribution in [0.5, 0.6) is 0 Å². The minimum absolute atomic E-state index is 1.33. The van der Waals surface area contributed by atoms with Gasteiger partial charge in [0.1, 0.15) is 0 Å². The molecule has 0 bridgehead atoms. The molecule has 2 rings (SSSR count). The Labute approximate surface area is 65.2 Å². The molecule has 1 aliphatic rings. The van der Waals surface area contributed by atoms with E-state index in [1.807, 2.05) is 11.3 Å². The van der Waals surface area contributed by atoms with E-state index >= 15 is 0 Å². The van der Waals surface area contributed by atoms with Gasteiger partial charge in [-0.2, -0.15) is 0 Å². The Kier molecular flexibility index (Phi) is 1.38. The smallest absolute Gasteiger partial charge is 0.0272 e. The Hall–Kier alpha value is -0.560. The van der Waals surface area contributed by atoms with E-state index in [1.54, 1.807) is 5.57 Å². The van der Waals surface area contributed by atoms with Gasteiger partial charge in [0.05, 0.1) is 0 Å². The van der Waals surface area contributed by atoms with Crippen LogP contribution < -0.4 is 0 Å². The van der Waals surface area contributed by atoms with Crippen LogP contribution in [0.25, 0.3) is 6.08 Å². The lowest BCUT2D eigenvalue weighted by Crippen LogP contribution is -1.52. The van der Waals surface area contributed by atoms with Gasteiger partial charge in [-0.1, -0.05) is 5.57 Å². The van der Waals surface area contributed by atoms with Crippen molar-refractivity contribution in [3.63, 3.8) is 0 Å². The van der Waals surface area contributed by atoms with Gasteiger partial charge in [0.2, 0.25) is 0 Å². The topological polar surface area (TPSA) is 0 Å². The van der Waals surface area contributed by atoms with Gasteiger partial charge in [-0.15, -0.1) is 11.3 Å². The summed E-state index contributed by atoms with van der Waals surface area (Å²) in [5, 5.41) is 0. The van der Waals surface area contributed by atoms with Crippen LogP contribution in [0, 0.1) is 6.92 Å². The van der Waals surface area contributed by atoms with Gasteiger partial charge >= 0.3 is 0 Å². The first-order chi connectivity index (χ1) is 4.84. The lowest BCUT2D eigenvalue weighted by molar-refractivity contribution is 1.50. The van der Waals surface area contributed by atoms with Crippen LogP contribution in [0.1, 0.15) is 22.6 Å². The minimum Gasteiger partial charge on any atom is -0.141 e. The largest absolute Gasteiger partial charge is 0.141 e. The van der Waals surface area contributed by atoms with E-state index in [-0.39, 0.29) is 0 Å². The molecule has 52 valence electrons. The number of hydrogen-bond acceptors (Lipinski definition) is 1. The van der Waals surface area contributed by atoms with Crippen molar-refractivity contribution in [1.29, 1.82) is 0 Å². The molecule has 1 aliphatic carbocycles. The molecule has 0 aromatic carbocycles. The first kappa shape index (κ1) is 6.17. The predicted octanol–water partition coefficient (Wildman–Crippen LogP) is 3.23. The van der Waals surface area contributed by atoms with Crippen molar-refractivity contribution < 1.29 is 0 Å². The first-order valence-corrected chi connectivity index (χ1v) is 4.42. The normalized spacial score (nSPS) is 15.5. The highest BCUT2D eigenvalue weighted by atomic mass is 32.1. The summed E-state index contributed by atoms with van der Waals surface area (Å²) in [5.74, 6) is 0. The number of thiophene rings is 1. The third-order valence-corrected chi connectivity index (χ3v) is 2.59. The predicted molar refractivity (Wildman–Crippen MR) is 46.3 cm³/mol. The molecule has 1 heteroatoms. The summed E-state index contributed by atoms with van der Waals surface area (Å²) >= 11 is 1.88. The summed E-state index contributed by atoms with van der Waals surface area (Å²) in [6.07, 6.45) is 4.98. The molecule has 1 heterocycles. The molecule has 1 fully saturated rings. The molecular weight excluding hydrogens is 140 g/mol. The maximum Gasteiger partial charge on any atom is 0.0272 e. The van der Waals surface area contributed by atoms with Crippen molar-refractivity contribution in [1.82, 2.24) is 0 Å². The summed E-state index contributed by atoms with van der Waals surface area (Å²) in [4.78, 5) is 2.83. The van der Waals surface area contributed by atoms with Crippen molar-refractivity contribution in [2.24, 2.45) is 0 Å². The van der Waals surface area contributed by atoms with E-state index < -0.39 is 0 Å². The lowest BCUT2D eigenvalue weighted by Gasteiger charge is -1.78. The van der Waals surface area contributed by atoms with E-state index in [4.69, 9.17) is 0 Å². The third kappa shape index (κ3) is 1.29. The third-order valence-electron chi connectivity index (χ3n) is 1.65. The van der Waals surface area contributed by atoms with Crippen molar-refractivity contribution in [3.8, 4) is 0 Å². The van der Waals surface area contributed by atoms with Gasteiger partial charge in [-0.3, -0.25) is 0 Å². The van der Waals surface area contributed by atoms with Crippen LogP contribution >= 0.6 is 11.3 Å². The molecular formula is C9H10S. The zero-order chi connectivity index (χ0) is 6.97. The van der Waals surface area contributed by atoms with Crippen molar-refractivity contribution in [3.05, 3.63) is 27.5 Å². The zero-order valence-corrected chi connectivity index (χ0v) is 6.87. The average Bonchev–Trinajstić information content (AvgIpc) is 2.59. The molecule has 0 aliphatic heterocycles. The molecule has 0 spiro atoms. The second kappa shape index (κ2) is 2.24. The van der Waals surface area contributed by atoms with Crippen LogP contribution in [-0.4, -0.2) is 0 Å². The van der Waals surface area contributed by atoms with Gasteiger partial charge in [0.25, 0.3) is 0 Å². The summed E-state index contributed by atoms with van der Waals surface area (Å²) in [5.41, 5.74) is 1.61. The maximum atomic E-state index is 2.32. The molecule has 0 radical (unpaired) electrons. The molecule has 0 nitrogen and oxygen atoms in total. The fourth-order valence-corrected chi connectivity index (χ4v) is 1.82. The first-order valence-electron chi connectivity index (χ1n) is 3.60. The molecule has 10 heavy (non-hydrogen) atoms. The van der Waals surface area contributed by atoms with Gasteiger partial charge in [-0.25, -0.2) is 0 Å². The maximum absolute atomic E-state index is 2.32. The SMILES string of the molecule is Cc1ccc(C=C2CC2)s1. The highest BCUT2D eigenvalue weighted by molar-refractivity contribution is 7.12. The van der Waals surface area contributed by atoms with Crippen LogP contribution in [0.4, 0.5) is 0 Å². The molecule has 0 amide bonds. The Bertz CT molecular complexity index is 262. The Balaban J connectivity index is 2.25. The average molecular weight is 150 g/mol. The van der Waals surface area contributed by atoms with Crippen LogP contribution in [-0.2, 0) is 0 Å². The zero-order valence-electron chi connectivity index (χ0n) is 6.05. The minimum atomic E-state index is 1.33. The second-order valence-corrected chi connectivity index (χ2v) is 4.07. The van der Waals surface area contributed by atoms with Crippen molar-refractivity contribution in [2.75, 3.05) is 0 Å². The number of aryl methyl sites for hydroxylation is 1. The van der Waals surface area contributed by atoms with Gasteiger partial charge < -0.3 is 0 Å². The Morgan fingerprint density at radius 2 is 2.20 bits per heavy atom. The number of rotatable bonds is 1. The molecule has 0 unspecified atom stereocenters. The molecule has 0 atom stereocenters. The van der Waals surface area contributed by atoms with Gasteiger partial charge in [0, 0.05) is 9.75 Å². The van der Waals surface area contributed by atoms with E-state index in [2.05, 4.69) is 25.1 Å². The molecule has 1 saturated carbocycles.